The molecule has 1 nitrogen and oxygen atoms in total. The van der Waals surface area contributed by atoms with Crippen molar-refractivity contribution in [2.75, 3.05) is 6.54 Å². The molecule has 0 spiro atoms. The third kappa shape index (κ3) is 3.20. The van der Waals surface area contributed by atoms with E-state index in [9.17, 15) is 0 Å². The second kappa shape index (κ2) is 6.09. The van der Waals surface area contributed by atoms with Gasteiger partial charge in [-0.15, -0.1) is 0 Å². The highest BCUT2D eigenvalue weighted by molar-refractivity contribution is 5.34. The Labute approximate surface area is 117 Å². The van der Waals surface area contributed by atoms with Crippen molar-refractivity contribution < 1.29 is 0 Å². The van der Waals surface area contributed by atoms with Gasteiger partial charge in [0.15, 0.2) is 0 Å². The molecule has 0 amide bonds. The van der Waals surface area contributed by atoms with Gasteiger partial charge in [0.25, 0.3) is 0 Å². The fourth-order valence-electron chi connectivity index (χ4n) is 3.24. The Morgan fingerprint density at radius 1 is 1.16 bits per heavy atom. The van der Waals surface area contributed by atoms with Gasteiger partial charge < -0.3 is 5.32 Å². The summed E-state index contributed by atoms with van der Waals surface area (Å²) >= 11 is 0. The smallest absolute Gasteiger partial charge is 0.0325 e. The number of benzene rings is 1. The first-order valence-corrected chi connectivity index (χ1v) is 8.20. The molecule has 1 heteroatoms. The molecular formula is C18H27N. The highest BCUT2D eigenvalue weighted by Gasteiger charge is 2.29. The first kappa shape index (κ1) is 13.2. The Balaban J connectivity index is 1.78. The molecule has 1 atom stereocenters. The van der Waals surface area contributed by atoms with Crippen LogP contribution in [0.25, 0.3) is 0 Å². The van der Waals surface area contributed by atoms with E-state index in [1.54, 1.807) is 11.1 Å². The Kier molecular flexibility index (Phi) is 4.22. The normalized spacial score (nSPS) is 21.1. The molecule has 19 heavy (non-hydrogen) atoms. The van der Waals surface area contributed by atoms with Gasteiger partial charge in [-0.25, -0.2) is 0 Å². The summed E-state index contributed by atoms with van der Waals surface area (Å²) < 4.78 is 0. The molecule has 1 N–H and O–H groups in total. The molecule has 2 saturated carbocycles. The molecule has 0 saturated heterocycles. The van der Waals surface area contributed by atoms with Gasteiger partial charge in [-0.3, -0.25) is 0 Å². The molecule has 0 heterocycles. The van der Waals surface area contributed by atoms with Gasteiger partial charge in [-0.05, 0) is 55.2 Å². The zero-order chi connectivity index (χ0) is 13.1. The van der Waals surface area contributed by atoms with Crippen LogP contribution in [0.5, 0.6) is 0 Å². The molecule has 2 aliphatic carbocycles. The van der Waals surface area contributed by atoms with Crippen LogP contribution < -0.4 is 5.32 Å². The quantitative estimate of drug-likeness (QED) is 0.740. The predicted octanol–water partition coefficient (Wildman–Crippen LogP) is 4.79. The van der Waals surface area contributed by atoms with Gasteiger partial charge in [0.05, 0.1) is 0 Å². The Hall–Kier alpha value is -0.820. The summed E-state index contributed by atoms with van der Waals surface area (Å²) in [6, 6.07) is 9.82. The van der Waals surface area contributed by atoms with E-state index in [0.717, 1.165) is 18.4 Å². The van der Waals surface area contributed by atoms with Crippen molar-refractivity contribution in [3.8, 4) is 0 Å². The summed E-state index contributed by atoms with van der Waals surface area (Å²) in [5.41, 5.74) is 3.25. The summed E-state index contributed by atoms with van der Waals surface area (Å²) in [5.74, 6) is 1.84. The lowest BCUT2D eigenvalue weighted by molar-refractivity contribution is 0.405. The highest BCUT2D eigenvalue weighted by atomic mass is 14.9. The van der Waals surface area contributed by atoms with Crippen LogP contribution in [0.2, 0.25) is 0 Å². The van der Waals surface area contributed by atoms with Crippen LogP contribution in [0.3, 0.4) is 0 Å². The second-order valence-corrected chi connectivity index (χ2v) is 6.44. The third-order valence-corrected chi connectivity index (χ3v) is 4.82. The average molecular weight is 257 g/mol. The number of hydrogen-bond acceptors (Lipinski definition) is 1. The minimum Gasteiger partial charge on any atom is -0.310 e. The van der Waals surface area contributed by atoms with Gasteiger partial charge in [-0.1, -0.05) is 50.5 Å². The maximum absolute atomic E-state index is 3.80. The fourth-order valence-corrected chi connectivity index (χ4v) is 3.24. The lowest BCUT2D eigenvalue weighted by atomic mass is 9.76. The molecule has 1 aromatic rings. The molecular weight excluding hydrogens is 230 g/mol. The molecule has 1 unspecified atom stereocenters. The Morgan fingerprint density at radius 3 is 2.58 bits per heavy atom. The van der Waals surface area contributed by atoms with Crippen molar-refractivity contribution >= 4 is 0 Å². The zero-order valence-corrected chi connectivity index (χ0v) is 12.2. The van der Waals surface area contributed by atoms with Crippen LogP contribution in [-0.4, -0.2) is 6.54 Å². The summed E-state index contributed by atoms with van der Waals surface area (Å²) in [4.78, 5) is 0. The minimum atomic E-state index is 0.601. The summed E-state index contributed by atoms with van der Waals surface area (Å²) in [6.07, 6.45) is 9.72. The number of nitrogens with one attached hydrogen (secondary N) is 1. The maximum Gasteiger partial charge on any atom is 0.0325 e. The van der Waals surface area contributed by atoms with E-state index in [1.165, 1.54) is 44.9 Å². The zero-order valence-electron chi connectivity index (χ0n) is 12.2. The molecule has 3 rings (SSSR count). The van der Waals surface area contributed by atoms with Gasteiger partial charge in [0.1, 0.15) is 0 Å². The van der Waals surface area contributed by atoms with Crippen LogP contribution in [0.1, 0.15) is 75.0 Å². The summed E-state index contributed by atoms with van der Waals surface area (Å²) in [7, 11) is 0. The fraction of sp³-hybridized carbons (Fsp3) is 0.667. The topological polar surface area (TPSA) is 12.0 Å². The molecule has 1 aromatic carbocycles. The first-order chi connectivity index (χ1) is 9.38. The second-order valence-electron chi connectivity index (χ2n) is 6.44. The van der Waals surface area contributed by atoms with Crippen LogP contribution in [0, 0.1) is 5.92 Å². The Bertz CT molecular complexity index is 404. The third-order valence-electron chi connectivity index (χ3n) is 4.82. The molecule has 104 valence electrons. The summed E-state index contributed by atoms with van der Waals surface area (Å²) in [6.45, 7) is 3.41. The highest BCUT2D eigenvalue weighted by Crippen LogP contribution is 2.43. The SMILES string of the molecule is CCCNC(CC1CC1)c1ccccc1C1CCC1. The van der Waals surface area contributed by atoms with Crippen molar-refractivity contribution in [2.24, 2.45) is 5.92 Å². The lowest BCUT2D eigenvalue weighted by Gasteiger charge is -2.31. The minimum absolute atomic E-state index is 0.601. The molecule has 2 aliphatic rings. The molecule has 0 radical (unpaired) electrons. The van der Waals surface area contributed by atoms with Gasteiger partial charge in [0.2, 0.25) is 0 Å². The standard InChI is InChI=1S/C18H27N/c1-2-12-19-18(13-14-10-11-14)17-9-4-3-8-16(17)15-6-5-7-15/h3-4,8-9,14-15,18-19H,2,5-7,10-13H2,1H3. The van der Waals surface area contributed by atoms with E-state index in [0.29, 0.717) is 6.04 Å². The molecule has 0 aliphatic heterocycles. The molecule has 2 fully saturated rings. The van der Waals surface area contributed by atoms with Crippen LogP contribution in [-0.2, 0) is 0 Å². The van der Waals surface area contributed by atoms with Gasteiger partial charge in [-0.2, -0.15) is 0 Å². The number of hydrogen-bond donors (Lipinski definition) is 1. The van der Waals surface area contributed by atoms with E-state index in [2.05, 4.69) is 36.5 Å². The van der Waals surface area contributed by atoms with E-state index in [4.69, 9.17) is 0 Å². The van der Waals surface area contributed by atoms with Crippen LogP contribution in [0.15, 0.2) is 24.3 Å². The van der Waals surface area contributed by atoms with E-state index in [-0.39, 0.29) is 0 Å². The molecule has 0 aromatic heterocycles. The molecule has 0 bridgehead atoms. The van der Waals surface area contributed by atoms with Crippen molar-refractivity contribution in [1.82, 2.24) is 5.32 Å². The van der Waals surface area contributed by atoms with Crippen molar-refractivity contribution in [3.05, 3.63) is 35.4 Å². The van der Waals surface area contributed by atoms with Crippen LogP contribution in [0.4, 0.5) is 0 Å². The van der Waals surface area contributed by atoms with Crippen molar-refractivity contribution in [1.29, 1.82) is 0 Å². The monoisotopic (exact) mass is 257 g/mol. The van der Waals surface area contributed by atoms with E-state index in [1.807, 2.05) is 0 Å². The van der Waals surface area contributed by atoms with Crippen LogP contribution >= 0.6 is 0 Å². The van der Waals surface area contributed by atoms with Gasteiger partial charge in [0, 0.05) is 6.04 Å². The van der Waals surface area contributed by atoms with Crippen molar-refractivity contribution in [2.45, 2.75) is 63.8 Å². The van der Waals surface area contributed by atoms with Crippen molar-refractivity contribution in [3.63, 3.8) is 0 Å². The first-order valence-electron chi connectivity index (χ1n) is 8.20. The summed E-state index contributed by atoms with van der Waals surface area (Å²) in [5, 5.41) is 3.80. The largest absolute Gasteiger partial charge is 0.310 e. The van der Waals surface area contributed by atoms with Gasteiger partial charge >= 0.3 is 0 Å². The number of rotatable bonds is 7. The predicted molar refractivity (Wildman–Crippen MR) is 81.4 cm³/mol. The van der Waals surface area contributed by atoms with E-state index < -0.39 is 0 Å². The Morgan fingerprint density at radius 2 is 1.95 bits per heavy atom. The van der Waals surface area contributed by atoms with E-state index >= 15 is 0 Å². The maximum atomic E-state index is 3.80. The lowest BCUT2D eigenvalue weighted by Crippen LogP contribution is -2.25. The average Bonchev–Trinajstić information content (AvgIpc) is 3.17.